The number of carbonyl (C=O) groups is 2. The summed E-state index contributed by atoms with van der Waals surface area (Å²) in [6.07, 6.45) is 0.808. The third-order valence-corrected chi connectivity index (χ3v) is 2.36. The number of nitrogens with one attached hydrogen (secondary N) is 2. The van der Waals surface area contributed by atoms with Crippen LogP contribution in [-0.2, 0) is 4.79 Å². The molecule has 0 saturated carbocycles. The minimum atomic E-state index is -0.402. The summed E-state index contributed by atoms with van der Waals surface area (Å²) in [6, 6.07) is 4.89. The number of amides is 2. The van der Waals surface area contributed by atoms with Gasteiger partial charge < -0.3 is 9.47 Å². The SMILES string of the molecule is CC(=O)NNC(=O)c1ccc2c(c1)OCCCO2. The number of fused-ring (bicyclic) bond motifs is 1. The predicted molar refractivity (Wildman–Crippen MR) is 63.3 cm³/mol. The van der Waals surface area contributed by atoms with Gasteiger partial charge in [0.2, 0.25) is 5.91 Å². The maximum absolute atomic E-state index is 11.7. The molecular formula is C12H14N2O4. The lowest BCUT2D eigenvalue weighted by Crippen LogP contribution is -2.40. The third kappa shape index (κ3) is 2.91. The standard InChI is InChI=1S/C12H14N2O4/c1-8(15)13-14-12(16)9-3-4-10-11(7-9)18-6-2-5-17-10/h3-4,7H,2,5-6H2,1H3,(H,13,15)(H,14,16). The molecule has 2 N–H and O–H groups in total. The van der Waals surface area contributed by atoms with Gasteiger partial charge in [-0.05, 0) is 18.2 Å². The molecule has 96 valence electrons. The molecule has 0 spiro atoms. The van der Waals surface area contributed by atoms with E-state index >= 15 is 0 Å². The van der Waals surface area contributed by atoms with E-state index in [9.17, 15) is 9.59 Å². The van der Waals surface area contributed by atoms with Crippen molar-refractivity contribution in [3.63, 3.8) is 0 Å². The van der Waals surface area contributed by atoms with E-state index in [1.807, 2.05) is 0 Å². The predicted octanol–water partition coefficient (Wildman–Crippen LogP) is 0.629. The zero-order valence-electron chi connectivity index (χ0n) is 9.99. The average molecular weight is 250 g/mol. The number of hydrogen-bond acceptors (Lipinski definition) is 4. The summed E-state index contributed by atoms with van der Waals surface area (Å²) in [4.78, 5) is 22.4. The molecule has 0 radical (unpaired) electrons. The number of benzene rings is 1. The van der Waals surface area contributed by atoms with Gasteiger partial charge in [-0.2, -0.15) is 0 Å². The van der Waals surface area contributed by atoms with Crippen molar-refractivity contribution in [3.8, 4) is 11.5 Å². The summed E-state index contributed by atoms with van der Waals surface area (Å²) in [7, 11) is 0. The number of hydrogen-bond donors (Lipinski definition) is 2. The van der Waals surface area contributed by atoms with E-state index in [4.69, 9.17) is 9.47 Å². The largest absolute Gasteiger partial charge is 0.490 e. The molecule has 0 unspecified atom stereocenters. The van der Waals surface area contributed by atoms with Gasteiger partial charge in [0.25, 0.3) is 5.91 Å². The van der Waals surface area contributed by atoms with Gasteiger partial charge in [0.05, 0.1) is 13.2 Å². The molecule has 0 bridgehead atoms. The Kier molecular flexibility index (Phi) is 3.66. The van der Waals surface area contributed by atoms with Crippen molar-refractivity contribution < 1.29 is 19.1 Å². The number of carbonyl (C=O) groups excluding carboxylic acids is 2. The van der Waals surface area contributed by atoms with Crippen LogP contribution >= 0.6 is 0 Å². The summed E-state index contributed by atoms with van der Waals surface area (Å²) < 4.78 is 10.9. The fraction of sp³-hybridized carbons (Fsp3) is 0.333. The Hall–Kier alpha value is -2.24. The Morgan fingerprint density at radius 2 is 1.83 bits per heavy atom. The van der Waals surface area contributed by atoms with Gasteiger partial charge in [-0.15, -0.1) is 0 Å². The van der Waals surface area contributed by atoms with Gasteiger partial charge in [0.1, 0.15) is 0 Å². The molecule has 2 rings (SSSR count). The second kappa shape index (κ2) is 5.39. The lowest BCUT2D eigenvalue weighted by atomic mass is 10.2. The summed E-state index contributed by atoms with van der Waals surface area (Å²) >= 11 is 0. The average Bonchev–Trinajstić information content (AvgIpc) is 2.60. The van der Waals surface area contributed by atoms with Gasteiger partial charge in [0.15, 0.2) is 11.5 Å². The summed E-state index contributed by atoms with van der Waals surface area (Å²) in [5.41, 5.74) is 4.91. The van der Waals surface area contributed by atoms with Gasteiger partial charge in [-0.25, -0.2) is 0 Å². The van der Waals surface area contributed by atoms with E-state index < -0.39 is 5.91 Å². The molecule has 0 saturated heterocycles. The Morgan fingerprint density at radius 1 is 1.11 bits per heavy atom. The van der Waals surface area contributed by atoms with E-state index in [2.05, 4.69) is 10.9 Å². The Bertz CT molecular complexity index is 473. The van der Waals surface area contributed by atoms with Crippen LogP contribution in [0.3, 0.4) is 0 Å². The van der Waals surface area contributed by atoms with Crippen molar-refractivity contribution in [1.82, 2.24) is 10.9 Å². The molecule has 1 aliphatic heterocycles. The van der Waals surface area contributed by atoms with Crippen molar-refractivity contribution in [1.29, 1.82) is 0 Å². The van der Waals surface area contributed by atoms with Gasteiger partial charge in [-0.3, -0.25) is 20.4 Å². The van der Waals surface area contributed by atoms with Crippen LogP contribution in [0.5, 0.6) is 11.5 Å². The quantitative estimate of drug-likeness (QED) is 0.717. The Morgan fingerprint density at radius 3 is 2.56 bits per heavy atom. The second-order valence-electron chi connectivity index (χ2n) is 3.85. The minimum absolute atomic E-state index is 0.335. The maximum Gasteiger partial charge on any atom is 0.269 e. The van der Waals surface area contributed by atoms with Gasteiger partial charge in [0, 0.05) is 18.9 Å². The first-order valence-electron chi connectivity index (χ1n) is 5.63. The molecule has 0 aliphatic carbocycles. The summed E-state index contributed by atoms with van der Waals surface area (Å²) in [6.45, 7) is 2.47. The molecule has 6 nitrogen and oxygen atoms in total. The second-order valence-corrected chi connectivity index (χ2v) is 3.85. The highest BCUT2D eigenvalue weighted by atomic mass is 16.5. The molecule has 0 atom stereocenters. The van der Waals surface area contributed by atoms with Crippen molar-refractivity contribution in [2.75, 3.05) is 13.2 Å². The fourth-order valence-corrected chi connectivity index (χ4v) is 1.52. The minimum Gasteiger partial charge on any atom is -0.490 e. The first-order chi connectivity index (χ1) is 8.66. The summed E-state index contributed by atoms with van der Waals surface area (Å²) in [5.74, 6) is 0.435. The first kappa shape index (κ1) is 12.2. The van der Waals surface area contributed by atoms with Crippen molar-refractivity contribution in [2.45, 2.75) is 13.3 Å². The van der Waals surface area contributed by atoms with E-state index in [1.165, 1.54) is 6.92 Å². The number of rotatable bonds is 1. The first-order valence-corrected chi connectivity index (χ1v) is 5.63. The topological polar surface area (TPSA) is 76.7 Å². The van der Waals surface area contributed by atoms with Crippen LogP contribution in [0.4, 0.5) is 0 Å². The van der Waals surface area contributed by atoms with Crippen LogP contribution in [-0.4, -0.2) is 25.0 Å². The van der Waals surface area contributed by atoms with Crippen LogP contribution in [0.25, 0.3) is 0 Å². The zero-order valence-corrected chi connectivity index (χ0v) is 9.99. The van der Waals surface area contributed by atoms with Crippen LogP contribution in [0.1, 0.15) is 23.7 Å². The lowest BCUT2D eigenvalue weighted by Gasteiger charge is -2.09. The highest BCUT2D eigenvalue weighted by molar-refractivity contribution is 5.95. The normalized spacial score (nSPS) is 13.4. The third-order valence-electron chi connectivity index (χ3n) is 2.36. The smallest absolute Gasteiger partial charge is 0.269 e. The van der Waals surface area contributed by atoms with Crippen molar-refractivity contribution >= 4 is 11.8 Å². The molecule has 1 heterocycles. The van der Waals surface area contributed by atoms with Crippen LogP contribution in [0.15, 0.2) is 18.2 Å². The molecule has 1 aromatic carbocycles. The van der Waals surface area contributed by atoms with E-state index in [1.54, 1.807) is 18.2 Å². The van der Waals surface area contributed by atoms with Gasteiger partial charge >= 0.3 is 0 Å². The fourth-order valence-electron chi connectivity index (χ4n) is 1.52. The molecular weight excluding hydrogens is 236 g/mol. The monoisotopic (exact) mass is 250 g/mol. The van der Waals surface area contributed by atoms with E-state index in [0.717, 1.165) is 6.42 Å². The molecule has 1 aliphatic rings. The maximum atomic E-state index is 11.7. The molecule has 0 fully saturated rings. The number of hydrazine groups is 1. The van der Waals surface area contributed by atoms with Crippen molar-refractivity contribution in [2.24, 2.45) is 0 Å². The van der Waals surface area contributed by atoms with Crippen LogP contribution in [0.2, 0.25) is 0 Å². The van der Waals surface area contributed by atoms with Crippen molar-refractivity contribution in [3.05, 3.63) is 23.8 Å². The van der Waals surface area contributed by atoms with Crippen LogP contribution < -0.4 is 20.3 Å². The molecule has 2 amide bonds. The highest BCUT2D eigenvalue weighted by Crippen LogP contribution is 2.30. The van der Waals surface area contributed by atoms with Crippen LogP contribution in [0, 0.1) is 0 Å². The molecule has 0 aromatic heterocycles. The van der Waals surface area contributed by atoms with E-state index in [0.29, 0.717) is 30.3 Å². The zero-order chi connectivity index (χ0) is 13.0. The highest BCUT2D eigenvalue weighted by Gasteiger charge is 2.14. The van der Waals surface area contributed by atoms with Gasteiger partial charge in [-0.1, -0.05) is 0 Å². The molecule has 18 heavy (non-hydrogen) atoms. The Balaban J connectivity index is 2.12. The van der Waals surface area contributed by atoms with E-state index in [-0.39, 0.29) is 5.91 Å². The summed E-state index contributed by atoms with van der Waals surface area (Å²) in [5, 5.41) is 0. The molecule has 6 heteroatoms. The Labute approximate surface area is 104 Å². The number of ether oxygens (including phenoxy) is 2. The molecule has 1 aromatic rings. The lowest BCUT2D eigenvalue weighted by molar-refractivity contribution is -0.119.